The normalized spacial score (nSPS) is 10.2. The Balaban J connectivity index is 2.23. The van der Waals surface area contributed by atoms with E-state index in [0.717, 1.165) is 11.1 Å². The first-order valence-electron chi connectivity index (χ1n) is 5.90. The third-order valence-electron chi connectivity index (χ3n) is 2.96. The zero-order valence-corrected chi connectivity index (χ0v) is 11.2. The fourth-order valence-electron chi connectivity index (χ4n) is 1.89. The number of benzene rings is 2. The molecule has 0 aliphatic carbocycles. The molecule has 0 atom stereocenters. The quantitative estimate of drug-likeness (QED) is 0.888. The van der Waals surface area contributed by atoms with Crippen molar-refractivity contribution in [3.05, 3.63) is 64.2 Å². The summed E-state index contributed by atoms with van der Waals surface area (Å²) in [5.41, 5.74) is 2.92. The highest BCUT2D eigenvalue weighted by molar-refractivity contribution is 6.34. The second-order valence-corrected chi connectivity index (χ2v) is 4.65. The van der Waals surface area contributed by atoms with Gasteiger partial charge in [0.15, 0.2) is 0 Å². The van der Waals surface area contributed by atoms with E-state index in [1.807, 2.05) is 31.2 Å². The Morgan fingerprint density at radius 2 is 1.95 bits per heavy atom. The third kappa shape index (κ3) is 3.06. The maximum Gasteiger partial charge on any atom is 0.339 e. The van der Waals surface area contributed by atoms with Crippen molar-refractivity contribution in [3.63, 3.8) is 0 Å². The molecule has 0 aliphatic heterocycles. The molecule has 0 spiro atoms. The number of aryl methyl sites for hydroxylation is 1. The summed E-state index contributed by atoms with van der Waals surface area (Å²) in [5.74, 6) is -1.03. The Morgan fingerprint density at radius 3 is 2.63 bits per heavy atom. The first-order valence-corrected chi connectivity index (χ1v) is 6.27. The molecule has 98 valence electrons. The van der Waals surface area contributed by atoms with Crippen LogP contribution in [0.25, 0.3) is 0 Å². The number of anilines is 1. The summed E-state index contributed by atoms with van der Waals surface area (Å²) in [5, 5.41) is 12.5. The number of rotatable bonds is 4. The molecule has 0 saturated carbocycles. The van der Waals surface area contributed by atoms with Gasteiger partial charge in [0.2, 0.25) is 0 Å². The van der Waals surface area contributed by atoms with Gasteiger partial charge in [0.1, 0.15) is 5.56 Å². The Kier molecular flexibility index (Phi) is 4.07. The topological polar surface area (TPSA) is 49.3 Å². The molecule has 0 fully saturated rings. The van der Waals surface area contributed by atoms with Crippen LogP contribution in [0.2, 0.25) is 5.02 Å². The predicted molar refractivity (Wildman–Crippen MR) is 76.9 cm³/mol. The van der Waals surface area contributed by atoms with Crippen molar-refractivity contribution in [2.75, 3.05) is 5.32 Å². The van der Waals surface area contributed by atoms with Gasteiger partial charge in [-0.05, 0) is 30.2 Å². The number of hydrogen-bond donors (Lipinski definition) is 2. The molecule has 0 bridgehead atoms. The van der Waals surface area contributed by atoms with Gasteiger partial charge in [0.25, 0.3) is 0 Å². The SMILES string of the molecule is Cc1ccccc1CNc1cccc(Cl)c1C(=O)O. The lowest BCUT2D eigenvalue weighted by Gasteiger charge is -2.12. The van der Waals surface area contributed by atoms with Crippen LogP contribution >= 0.6 is 11.6 Å². The molecule has 0 saturated heterocycles. The van der Waals surface area contributed by atoms with Crippen LogP contribution in [0.3, 0.4) is 0 Å². The van der Waals surface area contributed by atoms with Crippen LogP contribution in [0.5, 0.6) is 0 Å². The molecule has 0 aromatic heterocycles. The standard InChI is InChI=1S/C15H14ClNO2/c1-10-5-2-3-6-11(10)9-17-13-8-4-7-12(16)14(13)15(18)19/h2-8,17H,9H2,1H3,(H,18,19). The minimum absolute atomic E-state index is 0.109. The molecule has 0 unspecified atom stereocenters. The summed E-state index contributed by atoms with van der Waals surface area (Å²) in [4.78, 5) is 11.2. The Bertz CT molecular complexity index is 611. The zero-order valence-electron chi connectivity index (χ0n) is 10.5. The highest BCUT2D eigenvalue weighted by Gasteiger charge is 2.13. The van der Waals surface area contributed by atoms with Crippen molar-refractivity contribution in [2.45, 2.75) is 13.5 Å². The van der Waals surface area contributed by atoms with Gasteiger partial charge in [-0.3, -0.25) is 0 Å². The van der Waals surface area contributed by atoms with E-state index in [-0.39, 0.29) is 10.6 Å². The molecular formula is C15H14ClNO2. The number of halogens is 1. The van der Waals surface area contributed by atoms with Crippen LogP contribution in [0.15, 0.2) is 42.5 Å². The van der Waals surface area contributed by atoms with Gasteiger partial charge in [-0.1, -0.05) is 41.9 Å². The molecule has 0 amide bonds. The Labute approximate surface area is 116 Å². The summed E-state index contributed by atoms with van der Waals surface area (Å²) >= 11 is 5.92. The van der Waals surface area contributed by atoms with Gasteiger partial charge in [-0.15, -0.1) is 0 Å². The number of nitrogens with one attached hydrogen (secondary N) is 1. The lowest BCUT2D eigenvalue weighted by Crippen LogP contribution is -2.07. The van der Waals surface area contributed by atoms with Gasteiger partial charge >= 0.3 is 5.97 Å². The Morgan fingerprint density at radius 1 is 1.21 bits per heavy atom. The average molecular weight is 276 g/mol. The molecule has 0 radical (unpaired) electrons. The van der Waals surface area contributed by atoms with E-state index in [1.165, 1.54) is 0 Å². The van der Waals surface area contributed by atoms with Crippen LogP contribution in [-0.2, 0) is 6.54 Å². The predicted octanol–water partition coefficient (Wildman–Crippen LogP) is 3.96. The molecule has 19 heavy (non-hydrogen) atoms. The first-order chi connectivity index (χ1) is 9.09. The molecule has 3 nitrogen and oxygen atoms in total. The van der Waals surface area contributed by atoms with E-state index in [0.29, 0.717) is 12.2 Å². The maximum atomic E-state index is 11.2. The minimum atomic E-state index is -1.03. The van der Waals surface area contributed by atoms with Crippen LogP contribution in [0.4, 0.5) is 5.69 Å². The molecule has 2 rings (SSSR count). The number of aromatic carboxylic acids is 1. The van der Waals surface area contributed by atoms with Crippen LogP contribution in [-0.4, -0.2) is 11.1 Å². The number of hydrogen-bond acceptors (Lipinski definition) is 2. The van der Waals surface area contributed by atoms with Crippen LogP contribution < -0.4 is 5.32 Å². The lowest BCUT2D eigenvalue weighted by molar-refractivity contribution is 0.0698. The molecule has 2 aromatic rings. The smallest absolute Gasteiger partial charge is 0.339 e. The molecule has 0 aliphatic rings. The van der Waals surface area contributed by atoms with Gasteiger partial charge in [-0.25, -0.2) is 4.79 Å². The molecule has 2 N–H and O–H groups in total. The van der Waals surface area contributed by atoms with E-state index >= 15 is 0 Å². The summed E-state index contributed by atoms with van der Waals surface area (Å²) in [6, 6.07) is 13.0. The molecule has 4 heteroatoms. The summed E-state index contributed by atoms with van der Waals surface area (Å²) in [6.45, 7) is 2.58. The van der Waals surface area contributed by atoms with Crippen molar-refractivity contribution >= 4 is 23.3 Å². The van der Waals surface area contributed by atoms with Gasteiger partial charge < -0.3 is 10.4 Å². The van der Waals surface area contributed by atoms with Crippen molar-refractivity contribution in [1.82, 2.24) is 0 Å². The highest BCUT2D eigenvalue weighted by atomic mass is 35.5. The monoisotopic (exact) mass is 275 g/mol. The fraction of sp³-hybridized carbons (Fsp3) is 0.133. The lowest BCUT2D eigenvalue weighted by atomic mass is 10.1. The van der Waals surface area contributed by atoms with Crippen molar-refractivity contribution < 1.29 is 9.90 Å². The third-order valence-corrected chi connectivity index (χ3v) is 3.27. The maximum absolute atomic E-state index is 11.2. The Hall–Kier alpha value is -2.00. The number of carboxylic acids is 1. The summed E-state index contributed by atoms with van der Waals surface area (Å²) < 4.78 is 0. The number of carbonyl (C=O) groups is 1. The first kappa shape index (κ1) is 13.4. The molecular weight excluding hydrogens is 262 g/mol. The van der Waals surface area contributed by atoms with Crippen molar-refractivity contribution in [3.8, 4) is 0 Å². The number of carboxylic acid groups (broad SMARTS) is 1. The average Bonchev–Trinajstić information content (AvgIpc) is 2.37. The molecule has 2 aromatic carbocycles. The summed E-state index contributed by atoms with van der Waals surface area (Å²) in [7, 11) is 0. The van der Waals surface area contributed by atoms with E-state index in [2.05, 4.69) is 5.32 Å². The van der Waals surface area contributed by atoms with Gasteiger partial charge in [-0.2, -0.15) is 0 Å². The van der Waals surface area contributed by atoms with Crippen molar-refractivity contribution in [1.29, 1.82) is 0 Å². The van der Waals surface area contributed by atoms with Gasteiger partial charge in [0.05, 0.1) is 10.7 Å². The van der Waals surface area contributed by atoms with Gasteiger partial charge in [0, 0.05) is 6.54 Å². The highest BCUT2D eigenvalue weighted by Crippen LogP contribution is 2.25. The largest absolute Gasteiger partial charge is 0.478 e. The second kappa shape index (κ2) is 5.76. The fourth-order valence-corrected chi connectivity index (χ4v) is 2.14. The van der Waals surface area contributed by atoms with E-state index < -0.39 is 5.97 Å². The minimum Gasteiger partial charge on any atom is -0.478 e. The summed E-state index contributed by atoms with van der Waals surface area (Å²) in [6.07, 6.45) is 0. The van der Waals surface area contributed by atoms with E-state index in [1.54, 1.807) is 18.2 Å². The molecule has 0 heterocycles. The van der Waals surface area contributed by atoms with E-state index in [4.69, 9.17) is 11.6 Å². The van der Waals surface area contributed by atoms with Crippen LogP contribution in [0, 0.1) is 6.92 Å². The van der Waals surface area contributed by atoms with Crippen LogP contribution in [0.1, 0.15) is 21.5 Å². The second-order valence-electron chi connectivity index (χ2n) is 4.25. The van der Waals surface area contributed by atoms with E-state index in [9.17, 15) is 9.90 Å². The van der Waals surface area contributed by atoms with Crippen molar-refractivity contribution in [2.24, 2.45) is 0 Å². The zero-order chi connectivity index (χ0) is 13.8.